The monoisotopic (exact) mass is 391 g/mol. The Morgan fingerprint density at radius 1 is 1.18 bits per heavy atom. The van der Waals surface area contributed by atoms with Crippen molar-refractivity contribution in [2.45, 2.75) is 59.1 Å². The van der Waals surface area contributed by atoms with Crippen molar-refractivity contribution in [2.75, 3.05) is 20.3 Å². The molecule has 0 aromatic heterocycles. The van der Waals surface area contributed by atoms with E-state index in [1.165, 1.54) is 12.7 Å². The van der Waals surface area contributed by atoms with Gasteiger partial charge in [0.25, 0.3) is 0 Å². The molecule has 0 radical (unpaired) electrons. The molecule has 28 heavy (non-hydrogen) atoms. The second-order valence-corrected chi connectivity index (χ2v) is 7.18. The lowest BCUT2D eigenvalue weighted by molar-refractivity contribution is -0.143. The summed E-state index contributed by atoms with van der Waals surface area (Å²) >= 11 is 0. The predicted molar refractivity (Wildman–Crippen MR) is 110 cm³/mol. The molecule has 0 saturated heterocycles. The third kappa shape index (κ3) is 8.13. The number of benzene rings is 1. The lowest BCUT2D eigenvalue weighted by Crippen LogP contribution is -2.45. The number of hydrogen-bond acceptors (Lipinski definition) is 5. The molecule has 0 saturated carbocycles. The Bertz CT molecular complexity index is 658. The van der Waals surface area contributed by atoms with Crippen LogP contribution in [0.2, 0.25) is 0 Å². The topological polar surface area (TPSA) is 73.9 Å². The van der Waals surface area contributed by atoms with Gasteiger partial charge in [0, 0.05) is 6.42 Å². The first-order chi connectivity index (χ1) is 13.3. The summed E-state index contributed by atoms with van der Waals surface area (Å²) < 4.78 is 15.4. The third-order valence-corrected chi connectivity index (χ3v) is 3.90. The highest BCUT2D eigenvalue weighted by Gasteiger charge is 2.25. The molecule has 1 unspecified atom stereocenters. The molecular weight excluding hydrogens is 358 g/mol. The molecule has 1 aliphatic rings. The zero-order chi connectivity index (χ0) is 21.2. The number of esters is 1. The van der Waals surface area contributed by atoms with Crippen molar-refractivity contribution in [1.29, 1.82) is 0 Å². The highest BCUT2D eigenvalue weighted by Crippen LogP contribution is 2.22. The van der Waals surface area contributed by atoms with Gasteiger partial charge in [0.1, 0.15) is 11.6 Å². The van der Waals surface area contributed by atoms with Crippen molar-refractivity contribution in [3.8, 4) is 0 Å². The van der Waals surface area contributed by atoms with E-state index >= 15 is 0 Å². The van der Waals surface area contributed by atoms with Crippen molar-refractivity contribution in [1.82, 2.24) is 5.32 Å². The van der Waals surface area contributed by atoms with Gasteiger partial charge in [-0.1, -0.05) is 44.2 Å². The molecule has 156 valence electrons. The van der Waals surface area contributed by atoms with Gasteiger partial charge in [-0.2, -0.15) is 0 Å². The van der Waals surface area contributed by atoms with Crippen LogP contribution in [0.1, 0.15) is 52.2 Å². The fourth-order valence-corrected chi connectivity index (χ4v) is 2.67. The second-order valence-electron chi connectivity index (χ2n) is 7.18. The minimum absolute atomic E-state index is 0.328. The van der Waals surface area contributed by atoms with E-state index in [4.69, 9.17) is 14.2 Å². The molecule has 1 aliphatic heterocycles. The summed E-state index contributed by atoms with van der Waals surface area (Å²) in [5.74, 6) is -0.507. The van der Waals surface area contributed by atoms with Gasteiger partial charge in [0.2, 0.25) is 0 Å². The SMILES string of the molecule is CC.COC(=O)C(Cc1ccc(C2=CCOCC2)cc1)NC(=O)OC(C)(C)C. The van der Waals surface area contributed by atoms with Crippen LogP contribution in [0, 0.1) is 0 Å². The van der Waals surface area contributed by atoms with Crippen LogP contribution in [0.15, 0.2) is 30.3 Å². The highest BCUT2D eigenvalue weighted by atomic mass is 16.6. The number of methoxy groups -OCH3 is 1. The first kappa shape index (κ1) is 23.7. The van der Waals surface area contributed by atoms with Gasteiger partial charge in [-0.05, 0) is 43.9 Å². The molecule has 0 bridgehead atoms. The number of ether oxygens (including phenoxy) is 3. The van der Waals surface area contributed by atoms with Gasteiger partial charge in [-0.3, -0.25) is 0 Å². The standard InChI is InChI=1S/C20H27NO5.C2H6/c1-20(2,3)26-19(23)21-17(18(22)24-4)13-14-5-7-15(8-6-14)16-9-11-25-12-10-16;1-2/h5-9,17H,10-13H2,1-4H3,(H,21,23);1-2H3. The summed E-state index contributed by atoms with van der Waals surface area (Å²) in [5.41, 5.74) is 2.70. The number of hydrogen-bond donors (Lipinski definition) is 1. The molecule has 1 N–H and O–H groups in total. The molecule has 2 rings (SSSR count). The van der Waals surface area contributed by atoms with Gasteiger partial charge in [0.15, 0.2) is 0 Å². The van der Waals surface area contributed by atoms with Gasteiger partial charge < -0.3 is 19.5 Å². The Kier molecular flexibility index (Phi) is 9.73. The fraction of sp³-hybridized carbons (Fsp3) is 0.545. The van der Waals surface area contributed by atoms with E-state index in [-0.39, 0.29) is 0 Å². The van der Waals surface area contributed by atoms with Gasteiger partial charge >= 0.3 is 12.1 Å². The van der Waals surface area contributed by atoms with E-state index in [0.717, 1.165) is 24.2 Å². The molecule has 0 aliphatic carbocycles. The Morgan fingerprint density at radius 2 is 1.82 bits per heavy atom. The van der Waals surface area contributed by atoms with Crippen molar-refractivity contribution in [2.24, 2.45) is 0 Å². The van der Waals surface area contributed by atoms with Crippen molar-refractivity contribution in [3.63, 3.8) is 0 Å². The average Bonchev–Trinajstić information content (AvgIpc) is 2.68. The van der Waals surface area contributed by atoms with Crippen LogP contribution >= 0.6 is 0 Å². The molecule has 6 nitrogen and oxygen atoms in total. The summed E-state index contributed by atoms with van der Waals surface area (Å²) in [6.07, 6.45) is 2.66. The van der Waals surface area contributed by atoms with Crippen LogP contribution in [0.3, 0.4) is 0 Å². The Hall–Kier alpha value is -2.34. The second kappa shape index (κ2) is 11.5. The maximum absolute atomic E-state index is 12.0. The normalized spacial score (nSPS) is 14.7. The zero-order valence-electron chi connectivity index (χ0n) is 17.8. The minimum atomic E-state index is -0.803. The quantitative estimate of drug-likeness (QED) is 0.764. The van der Waals surface area contributed by atoms with Gasteiger partial charge in [0.05, 0.1) is 20.3 Å². The number of amides is 1. The molecule has 1 amide bonds. The van der Waals surface area contributed by atoms with Crippen LogP contribution in [0.5, 0.6) is 0 Å². The molecular formula is C22H33NO5. The Balaban J connectivity index is 0.00000190. The number of alkyl carbamates (subject to hydrolysis) is 1. The fourth-order valence-electron chi connectivity index (χ4n) is 2.67. The predicted octanol–water partition coefficient (Wildman–Crippen LogP) is 4.13. The van der Waals surface area contributed by atoms with Crippen molar-refractivity contribution in [3.05, 3.63) is 41.5 Å². The molecule has 1 aromatic rings. The van der Waals surface area contributed by atoms with Crippen molar-refractivity contribution < 1.29 is 23.8 Å². The van der Waals surface area contributed by atoms with Crippen LogP contribution in [-0.4, -0.2) is 44.0 Å². The molecule has 1 aromatic carbocycles. The van der Waals surface area contributed by atoms with Crippen molar-refractivity contribution >= 4 is 17.6 Å². The van der Waals surface area contributed by atoms with Crippen LogP contribution < -0.4 is 5.32 Å². The van der Waals surface area contributed by atoms with E-state index in [2.05, 4.69) is 11.4 Å². The summed E-state index contributed by atoms with van der Waals surface area (Å²) in [6, 6.07) is 7.15. The van der Waals surface area contributed by atoms with Gasteiger partial charge in [-0.15, -0.1) is 0 Å². The number of carbonyl (C=O) groups excluding carboxylic acids is 2. The maximum atomic E-state index is 12.0. The third-order valence-electron chi connectivity index (χ3n) is 3.90. The average molecular weight is 392 g/mol. The first-order valence-electron chi connectivity index (χ1n) is 9.72. The zero-order valence-corrected chi connectivity index (χ0v) is 17.8. The van der Waals surface area contributed by atoms with E-state index in [0.29, 0.717) is 13.0 Å². The number of carbonyl (C=O) groups is 2. The smallest absolute Gasteiger partial charge is 0.408 e. The lowest BCUT2D eigenvalue weighted by Gasteiger charge is -2.22. The first-order valence-corrected chi connectivity index (χ1v) is 9.72. The number of rotatable bonds is 5. The van der Waals surface area contributed by atoms with Crippen LogP contribution in [0.4, 0.5) is 4.79 Å². The number of nitrogens with one attached hydrogen (secondary N) is 1. The summed E-state index contributed by atoms with van der Waals surface area (Å²) in [6.45, 7) is 10.7. The van der Waals surface area contributed by atoms with Crippen LogP contribution in [0.25, 0.3) is 5.57 Å². The van der Waals surface area contributed by atoms with Crippen LogP contribution in [-0.2, 0) is 25.4 Å². The molecule has 1 heterocycles. The summed E-state index contributed by atoms with van der Waals surface area (Å²) in [7, 11) is 1.30. The summed E-state index contributed by atoms with van der Waals surface area (Å²) in [5, 5.41) is 2.59. The Morgan fingerprint density at radius 3 is 2.32 bits per heavy atom. The van der Waals surface area contributed by atoms with E-state index < -0.39 is 23.7 Å². The molecule has 0 fully saturated rings. The highest BCUT2D eigenvalue weighted by molar-refractivity contribution is 5.81. The van der Waals surface area contributed by atoms with E-state index in [1.54, 1.807) is 20.8 Å². The molecule has 0 spiro atoms. The largest absolute Gasteiger partial charge is 0.467 e. The van der Waals surface area contributed by atoms with E-state index in [1.807, 2.05) is 38.1 Å². The minimum Gasteiger partial charge on any atom is -0.467 e. The lowest BCUT2D eigenvalue weighted by atomic mass is 9.98. The maximum Gasteiger partial charge on any atom is 0.408 e. The Labute approximate surface area is 168 Å². The molecule has 1 atom stereocenters. The van der Waals surface area contributed by atoms with Gasteiger partial charge in [-0.25, -0.2) is 9.59 Å². The summed E-state index contributed by atoms with van der Waals surface area (Å²) in [4.78, 5) is 24.0. The molecule has 6 heteroatoms. The van der Waals surface area contributed by atoms with E-state index in [9.17, 15) is 9.59 Å².